The summed E-state index contributed by atoms with van der Waals surface area (Å²) in [5.41, 5.74) is 2.06. The zero-order valence-corrected chi connectivity index (χ0v) is 13.7. The van der Waals surface area contributed by atoms with Gasteiger partial charge >= 0.3 is 0 Å². The summed E-state index contributed by atoms with van der Waals surface area (Å²) in [7, 11) is 0. The first-order valence-electron chi connectivity index (χ1n) is 7.77. The van der Waals surface area contributed by atoms with Crippen molar-refractivity contribution in [3.63, 3.8) is 0 Å². The molecule has 0 unspecified atom stereocenters. The molecule has 3 N–H and O–H groups in total. The molecule has 6 nitrogen and oxygen atoms in total. The van der Waals surface area contributed by atoms with Gasteiger partial charge in [-0.1, -0.05) is 19.9 Å². The number of benzene rings is 1. The topological polar surface area (TPSA) is 91.3 Å². The molecule has 0 aliphatic rings. The van der Waals surface area contributed by atoms with Gasteiger partial charge in [0.2, 0.25) is 11.8 Å². The molecule has 1 aromatic carbocycles. The maximum absolute atomic E-state index is 12.0. The number of rotatable bonds is 6. The summed E-state index contributed by atoms with van der Waals surface area (Å²) in [6.45, 7) is 3.63. The number of hydrogen-bond donors (Lipinski definition) is 3. The molecule has 2 aromatic rings. The number of aromatic nitrogens is 1. The van der Waals surface area contributed by atoms with E-state index in [1.165, 1.54) is 6.20 Å². The van der Waals surface area contributed by atoms with E-state index in [0.29, 0.717) is 17.8 Å². The van der Waals surface area contributed by atoms with Crippen molar-refractivity contribution in [1.82, 2.24) is 4.98 Å². The number of pyridine rings is 1. The summed E-state index contributed by atoms with van der Waals surface area (Å²) >= 11 is 0. The molecule has 126 valence electrons. The first-order chi connectivity index (χ1) is 11.4. The second-order valence-corrected chi connectivity index (χ2v) is 5.82. The summed E-state index contributed by atoms with van der Waals surface area (Å²) in [5.74, 6) is -0.249. The van der Waals surface area contributed by atoms with E-state index >= 15 is 0 Å². The SMILES string of the molecule is CC(C)C(=O)Nc1cccc(NC(=O)CCc2cncc(O)c2)c1. The highest BCUT2D eigenvalue weighted by atomic mass is 16.3. The highest BCUT2D eigenvalue weighted by Crippen LogP contribution is 2.17. The maximum atomic E-state index is 12.0. The first kappa shape index (κ1) is 17.5. The first-order valence-corrected chi connectivity index (χ1v) is 7.77. The van der Waals surface area contributed by atoms with E-state index < -0.39 is 0 Å². The van der Waals surface area contributed by atoms with Crippen molar-refractivity contribution < 1.29 is 14.7 Å². The number of carbonyl (C=O) groups is 2. The third-order valence-electron chi connectivity index (χ3n) is 3.36. The van der Waals surface area contributed by atoms with Gasteiger partial charge in [0.05, 0.1) is 6.20 Å². The minimum atomic E-state index is -0.148. The van der Waals surface area contributed by atoms with Gasteiger partial charge in [-0.15, -0.1) is 0 Å². The van der Waals surface area contributed by atoms with Crippen LogP contribution in [-0.2, 0) is 16.0 Å². The third-order valence-corrected chi connectivity index (χ3v) is 3.36. The van der Waals surface area contributed by atoms with Crippen LogP contribution in [0, 0.1) is 5.92 Å². The predicted octanol–water partition coefficient (Wildman–Crippen LogP) is 2.95. The molecule has 2 rings (SSSR count). The number of nitrogens with zero attached hydrogens (tertiary/aromatic N) is 1. The van der Waals surface area contributed by atoms with Crippen molar-refractivity contribution in [1.29, 1.82) is 0 Å². The van der Waals surface area contributed by atoms with Crippen molar-refractivity contribution in [2.75, 3.05) is 10.6 Å². The van der Waals surface area contributed by atoms with Gasteiger partial charge in [0, 0.05) is 29.9 Å². The van der Waals surface area contributed by atoms with Crippen molar-refractivity contribution >= 4 is 23.2 Å². The van der Waals surface area contributed by atoms with E-state index in [4.69, 9.17) is 0 Å². The molecule has 2 amide bonds. The lowest BCUT2D eigenvalue weighted by Gasteiger charge is -2.10. The molecule has 1 heterocycles. The molecule has 0 saturated carbocycles. The number of anilines is 2. The number of aromatic hydroxyl groups is 1. The number of amides is 2. The van der Waals surface area contributed by atoms with E-state index in [2.05, 4.69) is 15.6 Å². The van der Waals surface area contributed by atoms with Gasteiger partial charge in [0.15, 0.2) is 0 Å². The van der Waals surface area contributed by atoms with Crippen LogP contribution in [0.15, 0.2) is 42.7 Å². The molecular weight excluding hydrogens is 306 g/mol. The lowest BCUT2D eigenvalue weighted by molar-refractivity contribution is -0.119. The third kappa shape index (κ3) is 5.39. The van der Waals surface area contributed by atoms with Gasteiger partial charge in [-0.2, -0.15) is 0 Å². The van der Waals surface area contributed by atoms with E-state index in [9.17, 15) is 14.7 Å². The molecule has 0 fully saturated rings. The zero-order chi connectivity index (χ0) is 17.5. The fourth-order valence-electron chi connectivity index (χ4n) is 2.05. The molecular formula is C18H21N3O3. The summed E-state index contributed by atoms with van der Waals surface area (Å²) in [6, 6.07) is 8.61. The van der Waals surface area contributed by atoms with E-state index in [1.807, 2.05) is 13.8 Å². The van der Waals surface area contributed by atoms with E-state index in [1.54, 1.807) is 36.5 Å². The van der Waals surface area contributed by atoms with Crippen LogP contribution in [0.4, 0.5) is 11.4 Å². The highest BCUT2D eigenvalue weighted by molar-refractivity contribution is 5.94. The van der Waals surface area contributed by atoms with Crippen molar-refractivity contribution in [3.8, 4) is 5.75 Å². The molecule has 0 bridgehead atoms. The summed E-state index contributed by atoms with van der Waals surface area (Å²) in [4.78, 5) is 27.6. The molecule has 0 spiro atoms. The Bertz CT molecular complexity index is 729. The van der Waals surface area contributed by atoms with Crippen LogP contribution < -0.4 is 10.6 Å². The average Bonchev–Trinajstić information content (AvgIpc) is 2.53. The van der Waals surface area contributed by atoms with Gasteiger partial charge in [0.1, 0.15) is 5.75 Å². The van der Waals surface area contributed by atoms with Crippen molar-refractivity contribution in [2.24, 2.45) is 5.92 Å². The normalized spacial score (nSPS) is 10.5. The molecule has 0 radical (unpaired) electrons. The van der Waals surface area contributed by atoms with Crippen LogP contribution in [0.2, 0.25) is 0 Å². The van der Waals surface area contributed by atoms with Crippen LogP contribution >= 0.6 is 0 Å². The second-order valence-electron chi connectivity index (χ2n) is 5.82. The molecule has 0 aliphatic carbocycles. The van der Waals surface area contributed by atoms with Gasteiger partial charge in [-0.25, -0.2) is 0 Å². The summed E-state index contributed by atoms with van der Waals surface area (Å²) in [5, 5.41) is 14.9. The quantitative estimate of drug-likeness (QED) is 0.760. The number of aryl methyl sites for hydroxylation is 1. The highest BCUT2D eigenvalue weighted by Gasteiger charge is 2.08. The monoisotopic (exact) mass is 327 g/mol. The Labute approximate surface area is 140 Å². The largest absolute Gasteiger partial charge is 0.506 e. The van der Waals surface area contributed by atoms with Gasteiger partial charge in [-0.05, 0) is 36.2 Å². The number of nitrogens with one attached hydrogen (secondary N) is 2. The lowest BCUT2D eigenvalue weighted by Crippen LogP contribution is -2.18. The van der Waals surface area contributed by atoms with Crippen LogP contribution in [0.3, 0.4) is 0 Å². The van der Waals surface area contributed by atoms with Crippen LogP contribution in [-0.4, -0.2) is 21.9 Å². The molecule has 6 heteroatoms. The van der Waals surface area contributed by atoms with Crippen LogP contribution in [0.5, 0.6) is 5.75 Å². The second kappa shape index (κ2) is 8.10. The van der Waals surface area contributed by atoms with Gasteiger partial charge in [-0.3, -0.25) is 14.6 Å². The zero-order valence-electron chi connectivity index (χ0n) is 13.7. The van der Waals surface area contributed by atoms with Gasteiger partial charge in [0.25, 0.3) is 0 Å². The fraction of sp³-hybridized carbons (Fsp3) is 0.278. The Morgan fingerprint density at radius 2 is 1.83 bits per heavy atom. The predicted molar refractivity (Wildman–Crippen MR) is 92.8 cm³/mol. The van der Waals surface area contributed by atoms with E-state index in [0.717, 1.165) is 5.56 Å². The summed E-state index contributed by atoms with van der Waals surface area (Å²) in [6.07, 6.45) is 3.72. The lowest BCUT2D eigenvalue weighted by atomic mass is 10.1. The summed E-state index contributed by atoms with van der Waals surface area (Å²) < 4.78 is 0. The fourth-order valence-corrected chi connectivity index (χ4v) is 2.05. The van der Waals surface area contributed by atoms with Crippen LogP contribution in [0.1, 0.15) is 25.8 Å². The van der Waals surface area contributed by atoms with Gasteiger partial charge < -0.3 is 15.7 Å². The molecule has 0 atom stereocenters. The Hall–Kier alpha value is -2.89. The molecule has 1 aromatic heterocycles. The Balaban J connectivity index is 1.90. The molecule has 0 aliphatic heterocycles. The Kier molecular flexibility index (Phi) is 5.89. The van der Waals surface area contributed by atoms with Crippen LogP contribution in [0.25, 0.3) is 0 Å². The van der Waals surface area contributed by atoms with Crippen molar-refractivity contribution in [3.05, 3.63) is 48.3 Å². The Morgan fingerprint density at radius 1 is 1.12 bits per heavy atom. The molecule has 24 heavy (non-hydrogen) atoms. The maximum Gasteiger partial charge on any atom is 0.226 e. The minimum Gasteiger partial charge on any atom is -0.506 e. The van der Waals surface area contributed by atoms with Crippen molar-refractivity contribution in [2.45, 2.75) is 26.7 Å². The standard InChI is InChI=1S/C18H21N3O3/c1-12(2)18(24)21-15-5-3-4-14(9-15)20-17(23)7-6-13-8-16(22)11-19-10-13/h3-5,8-12,22H,6-7H2,1-2H3,(H,20,23)(H,21,24). The number of hydrogen-bond acceptors (Lipinski definition) is 4. The average molecular weight is 327 g/mol. The van der Waals surface area contributed by atoms with E-state index in [-0.39, 0.29) is 29.9 Å². The Morgan fingerprint density at radius 3 is 2.50 bits per heavy atom. The minimum absolute atomic E-state index is 0.0742. The molecule has 0 saturated heterocycles. The smallest absolute Gasteiger partial charge is 0.226 e. The number of carbonyl (C=O) groups excluding carboxylic acids is 2.